The van der Waals surface area contributed by atoms with Gasteiger partial charge >= 0.3 is 0 Å². The van der Waals surface area contributed by atoms with Gasteiger partial charge in [-0.15, -0.1) is 0 Å². The van der Waals surface area contributed by atoms with Gasteiger partial charge in [0.2, 0.25) is 0 Å². The van der Waals surface area contributed by atoms with Crippen LogP contribution in [-0.4, -0.2) is 29.8 Å². The van der Waals surface area contributed by atoms with E-state index in [0.717, 1.165) is 19.4 Å². The summed E-state index contributed by atoms with van der Waals surface area (Å²) in [6.45, 7) is 1.81. The van der Waals surface area contributed by atoms with Crippen LogP contribution in [0.5, 0.6) is 0 Å². The van der Waals surface area contributed by atoms with Crippen molar-refractivity contribution in [1.82, 2.24) is 4.90 Å². The van der Waals surface area contributed by atoms with Crippen molar-refractivity contribution in [2.45, 2.75) is 25.3 Å². The van der Waals surface area contributed by atoms with Crippen molar-refractivity contribution in [3.05, 3.63) is 35.9 Å². The summed E-state index contributed by atoms with van der Waals surface area (Å²) in [6.07, 6.45) is 3.13. The third-order valence-corrected chi connectivity index (χ3v) is 3.96. The average molecular weight is 215 g/mol. The fourth-order valence-electron chi connectivity index (χ4n) is 3.16. The van der Waals surface area contributed by atoms with E-state index in [9.17, 15) is 4.79 Å². The topological polar surface area (TPSA) is 20.3 Å². The summed E-state index contributed by atoms with van der Waals surface area (Å²) < 4.78 is 0. The lowest BCUT2D eigenvalue weighted by Gasteiger charge is -2.32. The minimum absolute atomic E-state index is 0.437. The molecule has 0 radical (unpaired) electrons. The van der Waals surface area contributed by atoms with Gasteiger partial charge in [0.05, 0.1) is 6.54 Å². The van der Waals surface area contributed by atoms with Gasteiger partial charge in [-0.1, -0.05) is 30.3 Å². The maximum atomic E-state index is 11.5. The maximum absolute atomic E-state index is 11.5. The lowest BCUT2D eigenvalue weighted by atomic mass is 9.87. The summed E-state index contributed by atoms with van der Waals surface area (Å²) >= 11 is 0. The number of hydrogen-bond donors (Lipinski definition) is 0. The Hall–Kier alpha value is -1.15. The lowest BCUT2D eigenvalue weighted by molar-refractivity contribution is -0.123. The number of hydrogen-bond acceptors (Lipinski definition) is 2. The largest absolute Gasteiger partial charge is 0.298 e. The second-order valence-electron chi connectivity index (χ2n) is 5.02. The fraction of sp³-hybridized carbons (Fsp3) is 0.500. The molecule has 2 bridgehead atoms. The standard InChI is InChI=1S/C14H17NO/c16-13-9-12-6-7-15(10-13)14(12)8-11-4-2-1-3-5-11/h1-5,12,14H,6-10H2/t12-,14?/m0/s1. The number of Topliss-reactive ketones (excluding diaryl/α,β-unsaturated/α-hetero) is 1. The van der Waals surface area contributed by atoms with Gasteiger partial charge in [-0.25, -0.2) is 0 Å². The molecule has 2 unspecified atom stereocenters. The fourth-order valence-corrected chi connectivity index (χ4v) is 3.16. The van der Waals surface area contributed by atoms with Crippen LogP contribution in [0.2, 0.25) is 0 Å². The Labute approximate surface area is 96.3 Å². The van der Waals surface area contributed by atoms with Crippen molar-refractivity contribution < 1.29 is 4.79 Å². The summed E-state index contributed by atoms with van der Waals surface area (Å²) in [5, 5.41) is 0. The third-order valence-electron chi connectivity index (χ3n) is 3.96. The van der Waals surface area contributed by atoms with Gasteiger partial charge in [0, 0.05) is 12.5 Å². The molecule has 84 valence electrons. The molecular weight excluding hydrogens is 198 g/mol. The van der Waals surface area contributed by atoms with Gasteiger partial charge in [0.15, 0.2) is 0 Å². The maximum Gasteiger partial charge on any atom is 0.147 e. The Morgan fingerprint density at radius 3 is 2.81 bits per heavy atom. The molecule has 2 nitrogen and oxygen atoms in total. The van der Waals surface area contributed by atoms with Crippen LogP contribution in [0.1, 0.15) is 18.4 Å². The predicted octanol–water partition coefficient (Wildman–Crippen LogP) is 1.89. The van der Waals surface area contributed by atoms with Gasteiger partial charge in [0.25, 0.3) is 0 Å². The first-order chi connectivity index (χ1) is 7.83. The molecule has 2 heterocycles. The van der Waals surface area contributed by atoms with Gasteiger partial charge in [-0.3, -0.25) is 9.69 Å². The number of carbonyl (C=O) groups excluding carboxylic acids is 1. The molecule has 16 heavy (non-hydrogen) atoms. The van der Waals surface area contributed by atoms with Crippen molar-refractivity contribution in [1.29, 1.82) is 0 Å². The zero-order valence-corrected chi connectivity index (χ0v) is 9.43. The molecule has 1 aromatic rings. The highest BCUT2D eigenvalue weighted by Gasteiger charge is 2.39. The first-order valence-corrected chi connectivity index (χ1v) is 6.12. The Bertz CT molecular complexity index is 371. The summed E-state index contributed by atoms with van der Waals surface area (Å²) in [6, 6.07) is 11.2. The van der Waals surface area contributed by atoms with E-state index in [0.29, 0.717) is 24.3 Å². The smallest absolute Gasteiger partial charge is 0.147 e. The highest BCUT2D eigenvalue weighted by molar-refractivity contribution is 5.82. The highest BCUT2D eigenvalue weighted by Crippen LogP contribution is 2.33. The first-order valence-electron chi connectivity index (χ1n) is 6.12. The van der Waals surface area contributed by atoms with Crippen LogP contribution in [-0.2, 0) is 11.2 Å². The number of carbonyl (C=O) groups is 1. The van der Waals surface area contributed by atoms with Crippen LogP contribution < -0.4 is 0 Å². The van der Waals surface area contributed by atoms with Crippen molar-refractivity contribution >= 4 is 5.78 Å². The molecule has 2 aliphatic heterocycles. The van der Waals surface area contributed by atoms with Crippen molar-refractivity contribution in [2.24, 2.45) is 5.92 Å². The van der Waals surface area contributed by atoms with E-state index < -0.39 is 0 Å². The Morgan fingerprint density at radius 2 is 2.06 bits per heavy atom. The van der Waals surface area contributed by atoms with Gasteiger partial charge in [-0.05, 0) is 30.9 Å². The minimum Gasteiger partial charge on any atom is -0.298 e. The molecule has 2 saturated heterocycles. The van der Waals surface area contributed by atoms with Gasteiger partial charge in [0.1, 0.15) is 5.78 Å². The molecule has 3 atom stereocenters. The van der Waals surface area contributed by atoms with Crippen LogP contribution >= 0.6 is 0 Å². The van der Waals surface area contributed by atoms with Crippen LogP contribution in [0.15, 0.2) is 30.3 Å². The van der Waals surface area contributed by atoms with Crippen LogP contribution in [0.25, 0.3) is 0 Å². The monoisotopic (exact) mass is 215 g/mol. The second kappa shape index (κ2) is 4.02. The highest BCUT2D eigenvalue weighted by atomic mass is 16.1. The van der Waals surface area contributed by atoms with E-state index in [4.69, 9.17) is 0 Å². The number of piperidine rings is 1. The molecule has 0 N–H and O–H groups in total. The number of benzene rings is 1. The summed E-state index contributed by atoms with van der Waals surface area (Å²) in [4.78, 5) is 13.9. The number of fused-ring (bicyclic) bond motifs is 2. The Kier molecular flexibility index (Phi) is 2.52. The van der Waals surface area contributed by atoms with Crippen molar-refractivity contribution in [3.8, 4) is 0 Å². The predicted molar refractivity (Wildman–Crippen MR) is 63.2 cm³/mol. The summed E-state index contributed by atoms with van der Waals surface area (Å²) in [5.74, 6) is 1.05. The molecule has 0 amide bonds. The van der Waals surface area contributed by atoms with E-state index >= 15 is 0 Å². The second-order valence-corrected chi connectivity index (χ2v) is 5.02. The first kappa shape index (κ1) is 10.0. The number of nitrogens with zero attached hydrogens (tertiary/aromatic N) is 1. The minimum atomic E-state index is 0.437. The van der Waals surface area contributed by atoms with Crippen LogP contribution in [0.3, 0.4) is 0 Å². The molecule has 0 saturated carbocycles. The molecular formula is C14H17NO. The Balaban J connectivity index is 1.75. The van der Waals surface area contributed by atoms with Gasteiger partial charge < -0.3 is 0 Å². The van der Waals surface area contributed by atoms with E-state index in [2.05, 4.69) is 35.2 Å². The van der Waals surface area contributed by atoms with Crippen LogP contribution in [0, 0.1) is 5.92 Å². The molecule has 0 aromatic heterocycles. The van der Waals surface area contributed by atoms with Gasteiger partial charge in [-0.2, -0.15) is 0 Å². The summed E-state index contributed by atoms with van der Waals surface area (Å²) in [5.41, 5.74) is 1.40. The third kappa shape index (κ3) is 1.78. The molecule has 0 spiro atoms. The zero-order valence-electron chi connectivity index (χ0n) is 9.43. The summed E-state index contributed by atoms with van der Waals surface area (Å²) in [7, 11) is 0. The number of ketones is 1. The average Bonchev–Trinajstić information content (AvgIpc) is 2.54. The van der Waals surface area contributed by atoms with E-state index in [1.54, 1.807) is 0 Å². The zero-order chi connectivity index (χ0) is 11.0. The van der Waals surface area contributed by atoms with Crippen molar-refractivity contribution in [2.75, 3.05) is 13.1 Å². The molecule has 2 heteroatoms. The SMILES string of the molecule is O=C1C[C@@H]2CCN(C1)C2Cc1ccccc1. The quantitative estimate of drug-likeness (QED) is 0.751. The van der Waals surface area contributed by atoms with E-state index in [1.165, 1.54) is 12.0 Å². The van der Waals surface area contributed by atoms with E-state index in [-0.39, 0.29) is 0 Å². The molecule has 2 fully saturated rings. The molecule has 0 aliphatic carbocycles. The van der Waals surface area contributed by atoms with E-state index in [1.807, 2.05) is 0 Å². The van der Waals surface area contributed by atoms with Crippen LogP contribution in [0.4, 0.5) is 0 Å². The van der Waals surface area contributed by atoms with Crippen molar-refractivity contribution in [3.63, 3.8) is 0 Å². The lowest BCUT2D eigenvalue weighted by Crippen LogP contribution is -2.43. The Morgan fingerprint density at radius 1 is 1.25 bits per heavy atom. The molecule has 3 rings (SSSR count). The normalized spacial score (nSPS) is 33.0. The molecule has 1 aromatic carbocycles. The molecule has 2 aliphatic rings. The number of rotatable bonds is 2.